The number of esters is 1. The molecule has 5 nitrogen and oxygen atoms in total. The summed E-state index contributed by atoms with van der Waals surface area (Å²) in [6.07, 6.45) is 13.0. The number of carbonyl (C=O) groups is 1. The van der Waals surface area contributed by atoms with Crippen molar-refractivity contribution in [2.75, 3.05) is 7.11 Å². The molecular formula is C31H48O5. The Bertz CT molecular complexity index is 1020. The van der Waals surface area contributed by atoms with Gasteiger partial charge in [0.2, 0.25) is 0 Å². The molecule has 0 amide bonds. The highest BCUT2D eigenvalue weighted by Gasteiger charge is 2.81. The summed E-state index contributed by atoms with van der Waals surface area (Å²) in [7, 11) is 1.54. The van der Waals surface area contributed by atoms with Gasteiger partial charge in [-0.2, -0.15) is 0 Å². The monoisotopic (exact) mass is 500 g/mol. The maximum atomic E-state index is 13.4. The first-order valence-electron chi connectivity index (χ1n) is 14.4. The van der Waals surface area contributed by atoms with Gasteiger partial charge in [0.05, 0.1) is 29.8 Å². The predicted molar refractivity (Wildman–Crippen MR) is 138 cm³/mol. The zero-order valence-electron chi connectivity index (χ0n) is 23.8. The molecule has 5 heteroatoms. The number of ether oxygens (including phenoxy) is 3. The predicted octanol–water partition coefficient (Wildman–Crippen LogP) is 5.97. The first kappa shape index (κ1) is 25.4. The number of aliphatic hydroxyl groups excluding tert-OH is 1. The van der Waals surface area contributed by atoms with Crippen LogP contribution in [0.2, 0.25) is 0 Å². The molecule has 36 heavy (non-hydrogen) atoms. The molecule has 0 aromatic carbocycles. The molecule has 4 saturated carbocycles. The number of rotatable bonds is 3. The van der Waals surface area contributed by atoms with Crippen LogP contribution in [0.3, 0.4) is 0 Å². The molecule has 0 aromatic rings. The van der Waals surface area contributed by atoms with Crippen LogP contribution < -0.4 is 0 Å². The van der Waals surface area contributed by atoms with Gasteiger partial charge in [-0.1, -0.05) is 46.8 Å². The quantitative estimate of drug-likeness (QED) is 0.293. The smallest absolute Gasteiger partial charge is 0.312 e. The molecule has 2 aliphatic heterocycles. The Hall–Kier alpha value is -0.910. The third kappa shape index (κ3) is 2.81. The normalized spacial score (nSPS) is 56.1. The lowest BCUT2D eigenvalue weighted by atomic mass is 9.45. The minimum atomic E-state index is -0.466. The molecule has 0 aromatic heterocycles. The first-order valence-corrected chi connectivity index (χ1v) is 14.4. The Morgan fingerprint density at radius 3 is 2.22 bits per heavy atom. The average Bonchev–Trinajstić information content (AvgIpc) is 3.65. The van der Waals surface area contributed by atoms with E-state index in [9.17, 15) is 9.90 Å². The van der Waals surface area contributed by atoms with E-state index in [0.29, 0.717) is 5.92 Å². The fourth-order valence-corrected chi connectivity index (χ4v) is 10.3. The number of carbonyl (C=O) groups excluding carboxylic acids is 1. The highest BCUT2D eigenvalue weighted by Crippen LogP contribution is 2.75. The number of fused-ring (bicyclic) bond motifs is 6. The summed E-state index contributed by atoms with van der Waals surface area (Å²) in [6, 6.07) is 0. The van der Waals surface area contributed by atoms with E-state index in [1.54, 1.807) is 7.11 Å². The van der Waals surface area contributed by atoms with E-state index in [1.165, 1.54) is 0 Å². The first-order chi connectivity index (χ1) is 16.6. The van der Waals surface area contributed by atoms with Crippen LogP contribution in [-0.4, -0.2) is 46.7 Å². The van der Waals surface area contributed by atoms with Crippen molar-refractivity contribution in [2.24, 2.45) is 33.5 Å². The fraction of sp³-hybridized carbons (Fsp3) is 0.903. The SMILES string of the molecule is COC(=O)[C@]12CCC(C)(C)C[C@H]1[C@]1(/C=C\[C@@]34O[C@]3(C)CC[C@H]3C(C)(C)[C@@H](O)CC[C@@]34C)O[C@]1(C)CC2. The molecule has 4 aliphatic carbocycles. The van der Waals surface area contributed by atoms with Gasteiger partial charge in [0.1, 0.15) is 11.2 Å². The highest BCUT2D eigenvalue weighted by molar-refractivity contribution is 5.78. The number of aliphatic hydroxyl groups is 1. The van der Waals surface area contributed by atoms with Gasteiger partial charge in [0.25, 0.3) is 0 Å². The number of hydrogen-bond acceptors (Lipinski definition) is 5. The van der Waals surface area contributed by atoms with Crippen LogP contribution >= 0.6 is 0 Å². The van der Waals surface area contributed by atoms with E-state index in [0.717, 1.165) is 57.8 Å². The second-order valence-electron chi connectivity index (χ2n) is 15.5. The van der Waals surface area contributed by atoms with Crippen LogP contribution in [0.25, 0.3) is 0 Å². The maximum absolute atomic E-state index is 13.4. The van der Waals surface area contributed by atoms with Crippen LogP contribution in [-0.2, 0) is 19.0 Å². The molecule has 9 atom stereocenters. The average molecular weight is 501 g/mol. The van der Waals surface area contributed by atoms with E-state index in [1.807, 2.05) is 0 Å². The van der Waals surface area contributed by atoms with Crippen molar-refractivity contribution in [3.63, 3.8) is 0 Å². The van der Waals surface area contributed by atoms with Gasteiger partial charge < -0.3 is 19.3 Å². The van der Waals surface area contributed by atoms with E-state index < -0.39 is 11.0 Å². The molecule has 1 N–H and O–H groups in total. The van der Waals surface area contributed by atoms with E-state index in [2.05, 4.69) is 60.6 Å². The van der Waals surface area contributed by atoms with Crippen LogP contribution in [0.1, 0.15) is 106 Å². The molecule has 0 radical (unpaired) electrons. The second kappa shape index (κ2) is 6.99. The van der Waals surface area contributed by atoms with Crippen molar-refractivity contribution in [3.8, 4) is 0 Å². The molecular weight excluding hydrogens is 452 g/mol. The van der Waals surface area contributed by atoms with Crippen molar-refractivity contribution in [2.45, 2.75) is 135 Å². The molecule has 0 bridgehead atoms. The lowest BCUT2D eigenvalue weighted by molar-refractivity contribution is -0.166. The van der Waals surface area contributed by atoms with Crippen LogP contribution in [0, 0.1) is 33.5 Å². The summed E-state index contributed by atoms with van der Waals surface area (Å²) < 4.78 is 19.0. The molecule has 6 fully saturated rings. The lowest BCUT2D eigenvalue weighted by Gasteiger charge is -2.58. The van der Waals surface area contributed by atoms with Crippen molar-refractivity contribution in [1.82, 2.24) is 0 Å². The number of methoxy groups -OCH3 is 1. The Labute approximate surface area is 217 Å². The molecule has 0 spiro atoms. The van der Waals surface area contributed by atoms with Crippen LogP contribution in [0.5, 0.6) is 0 Å². The van der Waals surface area contributed by atoms with E-state index in [4.69, 9.17) is 14.2 Å². The lowest BCUT2D eigenvalue weighted by Crippen LogP contribution is -2.59. The standard InChI is InChI=1S/C31H48O5/c1-24(2)13-15-29(23(33)34-8)16-14-27(6)30(35-27,21(29)19-24)17-18-31-26(5)11-10-22(32)25(3,4)20(26)9-12-28(31,7)36-31/h17-18,20-22,32H,9-16,19H2,1-8H3/b18-17-/t20-,21+,22-,26-,27+,28+,29-,30-,31-/m0/s1. The summed E-state index contributed by atoms with van der Waals surface area (Å²) in [5.74, 6) is 0.452. The Morgan fingerprint density at radius 1 is 0.833 bits per heavy atom. The topological polar surface area (TPSA) is 71.6 Å². The third-order valence-corrected chi connectivity index (χ3v) is 12.9. The van der Waals surface area contributed by atoms with Gasteiger partial charge in [-0.3, -0.25) is 4.79 Å². The van der Waals surface area contributed by atoms with Crippen molar-refractivity contribution < 1.29 is 24.1 Å². The van der Waals surface area contributed by atoms with Gasteiger partial charge in [-0.05, 0) is 88.4 Å². The van der Waals surface area contributed by atoms with Crippen molar-refractivity contribution in [3.05, 3.63) is 12.2 Å². The minimum absolute atomic E-state index is 0.0406. The number of hydrogen-bond donors (Lipinski definition) is 1. The summed E-state index contributed by atoms with van der Waals surface area (Å²) >= 11 is 0. The van der Waals surface area contributed by atoms with Gasteiger partial charge in [0, 0.05) is 11.3 Å². The maximum Gasteiger partial charge on any atom is 0.312 e. The summed E-state index contributed by atoms with van der Waals surface area (Å²) in [5, 5.41) is 10.9. The van der Waals surface area contributed by atoms with E-state index in [-0.39, 0.29) is 51.0 Å². The minimum Gasteiger partial charge on any atom is -0.469 e. The number of epoxide rings is 2. The Kier molecular flexibility index (Phi) is 4.92. The van der Waals surface area contributed by atoms with Gasteiger partial charge in [-0.25, -0.2) is 0 Å². The molecule has 6 rings (SSSR count). The highest BCUT2D eigenvalue weighted by atomic mass is 16.6. The molecule has 6 aliphatic rings. The Balaban J connectivity index is 1.41. The zero-order valence-corrected chi connectivity index (χ0v) is 23.8. The molecule has 2 heterocycles. The van der Waals surface area contributed by atoms with Gasteiger partial charge >= 0.3 is 5.97 Å². The van der Waals surface area contributed by atoms with Gasteiger partial charge in [0.15, 0.2) is 0 Å². The molecule has 202 valence electrons. The van der Waals surface area contributed by atoms with E-state index >= 15 is 0 Å². The molecule has 2 saturated heterocycles. The van der Waals surface area contributed by atoms with Crippen LogP contribution in [0.4, 0.5) is 0 Å². The molecule has 0 unspecified atom stereocenters. The summed E-state index contributed by atoms with van der Waals surface area (Å²) in [5.41, 5.74) is -1.69. The largest absolute Gasteiger partial charge is 0.469 e. The Morgan fingerprint density at radius 2 is 1.53 bits per heavy atom. The summed E-state index contributed by atoms with van der Waals surface area (Å²) in [4.78, 5) is 13.4. The second-order valence-corrected chi connectivity index (χ2v) is 15.5. The summed E-state index contributed by atoms with van der Waals surface area (Å²) in [6.45, 7) is 16.1. The van der Waals surface area contributed by atoms with Crippen molar-refractivity contribution in [1.29, 1.82) is 0 Å². The van der Waals surface area contributed by atoms with Crippen LogP contribution in [0.15, 0.2) is 12.2 Å². The zero-order chi connectivity index (χ0) is 26.2. The van der Waals surface area contributed by atoms with Gasteiger partial charge in [-0.15, -0.1) is 0 Å². The third-order valence-electron chi connectivity index (χ3n) is 12.9. The fourth-order valence-electron chi connectivity index (χ4n) is 10.3. The van der Waals surface area contributed by atoms with Crippen molar-refractivity contribution >= 4 is 5.97 Å².